The van der Waals surface area contributed by atoms with E-state index in [0.717, 1.165) is 11.4 Å². The molecule has 3 rings (SSSR count). The van der Waals surface area contributed by atoms with Crippen molar-refractivity contribution in [1.82, 2.24) is 25.2 Å². The molecule has 0 aliphatic heterocycles. The van der Waals surface area contributed by atoms with Crippen LogP contribution < -0.4 is 5.32 Å². The summed E-state index contributed by atoms with van der Waals surface area (Å²) >= 11 is 0. The maximum absolute atomic E-state index is 4.33. The van der Waals surface area contributed by atoms with Gasteiger partial charge < -0.3 is 5.32 Å². The molecule has 0 amide bonds. The molecule has 0 fully saturated rings. The van der Waals surface area contributed by atoms with Crippen molar-refractivity contribution >= 4 is 5.69 Å². The summed E-state index contributed by atoms with van der Waals surface area (Å²) in [5, 5.41) is 15.5. The lowest BCUT2D eigenvalue weighted by Gasteiger charge is -2.02. The molecule has 3 aromatic rings. The Bertz CT molecular complexity index is 676. The first-order valence-corrected chi connectivity index (χ1v) is 5.86. The van der Waals surface area contributed by atoms with Crippen molar-refractivity contribution in [1.29, 1.82) is 0 Å². The van der Waals surface area contributed by atoms with Crippen LogP contribution in [0.5, 0.6) is 0 Å². The molecule has 0 saturated heterocycles. The molecule has 1 N–H and O–H groups in total. The van der Waals surface area contributed by atoms with Gasteiger partial charge in [0.15, 0.2) is 0 Å². The monoisotopic (exact) mass is 252 g/mol. The molecule has 0 aliphatic carbocycles. The number of aromatic nitrogens is 5. The summed E-state index contributed by atoms with van der Waals surface area (Å²) in [7, 11) is 1.87. The van der Waals surface area contributed by atoms with Crippen molar-refractivity contribution in [3.8, 4) is 17.2 Å². The first-order chi connectivity index (χ1) is 9.36. The molecule has 1 aromatic carbocycles. The van der Waals surface area contributed by atoms with Gasteiger partial charge in [-0.3, -0.25) is 4.98 Å². The minimum atomic E-state index is 0.510. The molecular weight excluding hydrogens is 240 g/mol. The fourth-order valence-corrected chi connectivity index (χ4v) is 1.71. The van der Waals surface area contributed by atoms with E-state index in [1.807, 2.05) is 49.5 Å². The summed E-state index contributed by atoms with van der Waals surface area (Å²) < 4.78 is 0. The van der Waals surface area contributed by atoms with Gasteiger partial charge in [-0.2, -0.15) is 0 Å². The molecule has 0 unspecified atom stereocenters. The fraction of sp³-hybridized carbons (Fsp3) is 0.0769. The largest absolute Gasteiger partial charge is 0.388 e. The van der Waals surface area contributed by atoms with Crippen molar-refractivity contribution in [2.75, 3.05) is 12.4 Å². The summed E-state index contributed by atoms with van der Waals surface area (Å²) in [6.07, 6.45) is 1.71. The minimum absolute atomic E-state index is 0.510. The average Bonchev–Trinajstić information content (AvgIpc) is 2.98. The Hall–Kier alpha value is -2.76. The van der Waals surface area contributed by atoms with Crippen LogP contribution in [0.15, 0.2) is 48.7 Å². The highest BCUT2D eigenvalue weighted by atomic mass is 15.6. The van der Waals surface area contributed by atoms with Crippen molar-refractivity contribution in [2.24, 2.45) is 0 Å². The van der Waals surface area contributed by atoms with E-state index in [2.05, 4.69) is 25.7 Å². The Labute approximate surface area is 110 Å². The Morgan fingerprint density at radius 2 is 2.05 bits per heavy atom. The highest BCUT2D eigenvalue weighted by Crippen LogP contribution is 2.14. The maximum Gasteiger partial charge on any atom is 0.223 e. The van der Waals surface area contributed by atoms with Crippen LogP contribution in [0.4, 0.5) is 5.69 Å². The van der Waals surface area contributed by atoms with Gasteiger partial charge in [-0.25, -0.2) is 0 Å². The number of benzene rings is 1. The minimum Gasteiger partial charge on any atom is -0.388 e. The van der Waals surface area contributed by atoms with Gasteiger partial charge in [-0.15, -0.1) is 15.0 Å². The SMILES string of the molecule is CNc1cccc(-n2nnc(-c3ccccn3)n2)c1. The van der Waals surface area contributed by atoms with E-state index in [1.54, 1.807) is 6.20 Å². The summed E-state index contributed by atoms with van der Waals surface area (Å²) in [5.74, 6) is 0.510. The number of nitrogens with zero attached hydrogens (tertiary/aromatic N) is 5. The summed E-state index contributed by atoms with van der Waals surface area (Å²) in [6, 6.07) is 13.4. The van der Waals surface area contributed by atoms with Gasteiger partial charge in [-0.1, -0.05) is 12.1 Å². The van der Waals surface area contributed by atoms with Crippen LogP contribution in [0.1, 0.15) is 0 Å². The van der Waals surface area contributed by atoms with Gasteiger partial charge in [-0.05, 0) is 35.5 Å². The molecule has 0 atom stereocenters. The van der Waals surface area contributed by atoms with E-state index in [0.29, 0.717) is 11.5 Å². The van der Waals surface area contributed by atoms with E-state index in [9.17, 15) is 0 Å². The number of tetrazole rings is 1. The van der Waals surface area contributed by atoms with Crippen LogP contribution in [-0.2, 0) is 0 Å². The van der Waals surface area contributed by atoms with Crippen LogP contribution in [0.25, 0.3) is 17.2 Å². The number of pyridine rings is 1. The van der Waals surface area contributed by atoms with Gasteiger partial charge in [0.1, 0.15) is 5.69 Å². The molecule has 2 heterocycles. The van der Waals surface area contributed by atoms with Gasteiger partial charge in [0.05, 0.1) is 5.69 Å². The molecule has 0 aliphatic rings. The molecule has 94 valence electrons. The molecule has 0 saturated carbocycles. The summed E-state index contributed by atoms with van der Waals surface area (Å²) in [6.45, 7) is 0. The van der Waals surface area contributed by atoms with Crippen LogP contribution in [0.3, 0.4) is 0 Å². The number of hydrogen-bond donors (Lipinski definition) is 1. The van der Waals surface area contributed by atoms with E-state index in [4.69, 9.17) is 0 Å². The van der Waals surface area contributed by atoms with Crippen LogP contribution >= 0.6 is 0 Å². The lowest BCUT2D eigenvalue weighted by molar-refractivity contribution is 0.720. The Balaban J connectivity index is 1.97. The predicted molar refractivity (Wildman–Crippen MR) is 71.9 cm³/mol. The third-order valence-corrected chi connectivity index (χ3v) is 2.67. The molecular formula is C13H12N6. The van der Waals surface area contributed by atoms with Gasteiger partial charge in [0.2, 0.25) is 5.82 Å². The summed E-state index contributed by atoms with van der Waals surface area (Å²) in [4.78, 5) is 5.69. The number of anilines is 1. The normalized spacial score (nSPS) is 10.4. The zero-order valence-corrected chi connectivity index (χ0v) is 10.4. The predicted octanol–water partition coefficient (Wildman–Crippen LogP) is 1.77. The molecule has 0 radical (unpaired) electrons. The maximum atomic E-state index is 4.33. The smallest absolute Gasteiger partial charge is 0.223 e. The number of hydrogen-bond acceptors (Lipinski definition) is 5. The standard InChI is InChI=1S/C13H12N6/c1-14-10-5-4-6-11(9-10)19-17-13(16-18-19)12-7-2-3-8-15-12/h2-9,14H,1H3. The van der Waals surface area contributed by atoms with E-state index in [-0.39, 0.29) is 0 Å². The van der Waals surface area contributed by atoms with Crippen LogP contribution in [0, 0.1) is 0 Å². The van der Waals surface area contributed by atoms with Crippen molar-refractivity contribution in [3.63, 3.8) is 0 Å². The Morgan fingerprint density at radius 3 is 2.84 bits per heavy atom. The van der Waals surface area contributed by atoms with Crippen molar-refractivity contribution in [2.45, 2.75) is 0 Å². The molecule has 19 heavy (non-hydrogen) atoms. The molecule has 2 aromatic heterocycles. The van der Waals surface area contributed by atoms with E-state index >= 15 is 0 Å². The van der Waals surface area contributed by atoms with Gasteiger partial charge >= 0.3 is 0 Å². The molecule has 0 bridgehead atoms. The second kappa shape index (κ2) is 4.85. The molecule has 6 heteroatoms. The fourth-order valence-electron chi connectivity index (χ4n) is 1.71. The van der Waals surface area contributed by atoms with E-state index < -0.39 is 0 Å². The zero-order valence-electron chi connectivity index (χ0n) is 10.4. The van der Waals surface area contributed by atoms with Gasteiger partial charge in [0.25, 0.3) is 0 Å². The van der Waals surface area contributed by atoms with Crippen LogP contribution in [-0.4, -0.2) is 32.2 Å². The van der Waals surface area contributed by atoms with Crippen molar-refractivity contribution < 1.29 is 0 Å². The first kappa shape index (κ1) is 11.3. The third-order valence-electron chi connectivity index (χ3n) is 2.67. The second-order valence-electron chi connectivity index (χ2n) is 3.92. The lowest BCUT2D eigenvalue weighted by Crippen LogP contribution is -2.00. The third kappa shape index (κ3) is 2.28. The average molecular weight is 252 g/mol. The van der Waals surface area contributed by atoms with Gasteiger partial charge in [0, 0.05) is 18.9 Å². The molecule has 0 spiro atoms. The quantitative estimate of drug-likeness (QED) is 0.769. The highest BCUT2D eigenvalue weighted by molar-refractivity contribution is 5.51. The Kier molecular flexibility index (Phi) is 2.89. The highest BCUT2D eigenvalue weighted by Gasteiger charge is 2.07. The zero-order chi connectivity index (χ0) is 13.1. The molecule has 6 nitrogen and oxygen atoms in total. The van der Waals surface area contributed by atoms with Crippen molar-refractivity contribution in [3.05, 3.63) is 48.7 Å². The second-order valence-corrected chi connectivity index (χ2v) is 3.92. The van der Waals surface area contributed by atoms with Crippen LogP contribution in [0.2, 0.25) is 0 Å². The Morgan fingerprint density at radius 1 is 1.11 bits per heavy atom. The first-order valence-electron chi connectivity index (χ1n) is 5.86. The topological polar surface area (TPSA) is 68.5 Å². The summed E-state index contributed by atoms with van der Waals surface area (Å²) in [5.41, 5.74) is 2.55. The lowest BCUT2D eigenvalue weighted by atomic mass is 10.3. The van der Waals surface area contributed by atoms with E-state index in [1.165, 1.54) is 4.80 Å². The number of nitrogens with one attached hydrogen (secondary N) is 1. The number of rotatable bonds is 3.